The fraction of sp³-hybridized carbons (Fsp3) is 0.533. The van der Waals surface area contributed by atoms with Crippen LogP contribution in [0.3, 0.4) is 0 Å². The number of carbonyl (C=O) groups excluding carboxylic acids is 1. The van der Waals surface area contributed by atoms with Crippen molar-refractivity contribution in [2.24, 2.45) is 5.73 Å². The number of likely N-dealkylation sites (N-methyl/N-ethyl adjacent to an activating group) is 1. The van der Waals surface area contributed by atoms with Gasteiger partial charge >= 0.3 is 0 Å². The summed E-state index contributed by atoms with van der Waals surface area (Å²) in [6.45, 7) is 5.42. The Kier molecular flexibility index (Phi) is 4.22. The molecule has 104 valence electrons. The van der Waals surface area contributed by atoms with Gasteiger partial charge in [0.05, 0.1) is 0 Å². The lowest BCUT2D eigenvalue weighted by Crippen LogP contribution is -2.50. The average molecular weight is 261 g/mol. The summed E-state index contributed by atoms with van der Waals surface area (Å²) < 4.78 is 0. The highest BCUT2D eigenvalue weighted by atomic mass is 16.2. The van der Waals surface area contributed by atoms with E-state index >= 15 is 0 Å². The minimum Gasteiger partial charge on any atom is -0.328 e. The number of amides is 1. The fourth-order valence-electron chi connectivity index (χ4n) is 2.61. The standard InChI is InChI=1S/C15H23N3O/c1-11-4-6-13(7-5-11)18-12(2)8-9-17(3)14(10-16)15(18)19/h4-7,12,14H,8-10,16H2,1-3H3. The van der Waals surface area contributed by atoms with Crippen LogP contribution in [0.5, 0.6) is 0 Å². The van der Waals surface area contributed by atoms with Gasteiger partial charge in [0.15, 0.2) is 0 Å². The van der Waals surface area contributed by atoms with E-state index in [-0.39, 0.29) is 18.0 Å². The summed E-state index contributed by atoms with van der Waals surface area (Å²) in [5.74, 6) is 0.110. The van der Waals surface area contributed by atoms with Crippen molar-refractivity contribution in [2.45, 2.75) is 32.4 Å². The van der Waals surface area contributed by atoms with Crippen LogP contribution in [0, 0.1) is 6.92 Å². The van der Waals surface area contributed by atoms with Gasteiger partial charge in [0.2, 0.25) is 5.91 Å². The molecule has 2 rings (SSSR count). The molecule has 1 amide bonds. The van der Waals surface area contributed by atoms with E-state index in [1.54, 1.807) is 0 Å². The van der Waals surface area contributed by atoms with Gasteiger partial charge in [-0.3, -0.25) is 9.69 Å². The van der Waals surface area contributed by atoms with E-state index in [2.05, 4.69) is 11.8 Å². The molecular weight excluding hydrogens is 238 g/mol. The largest absolute Gasteiger partial charge is 0.328 e. The summed E-state index contributed by atoms with van der Waals surface area (Å²) in [5.41, 5.74) is 7.94. The quantitative estimate of drug-likeness (QED) is 0.875. The highest BCUT2D eigenvalue weighted by molar-refractivity contribution is 5.98. The van der Waals surface area contributed by atoms with E-state index in [1.165, 1.54) is 5.56 Å². The fourth-order valence-corrected chi connectivity index (χ4v) is 2.61. The third-order valence-corrected chi connectivity index (χ3v) is 3.93. The van der Waals surface area contributed by atoms with Crippen LogP contribution in [0.25, 0.3) is 0 Å². The normalized spacial score (nSPS) is 25.5. The lowest BCUT2D eigenvalue weighted by Gasteiger charge is -2.30. The molecule has 0 bridgehead atoms. The van der Waals surface area contributed by atoms with E-state index in [4.69, 9.17) is 5.73 Å². The van der Waals surface area contributed by atoms with Crippen molar-refractivity contribution in [3.05, 3.63) is 29.8 Å². The van der Waals surface area contributed by atoms with Crippen LogP contribution >= 0.6 is 0 Å². The molecule has 1 saturated heterocycles. The Morgan fingerprint density at radius 1 is 1.32 bits per heavy atom. The second kappa shape index (κ2) is 5.72. The summed E-state index contributed by atoms with van der Waals surface area (Å²) in [7, 11) is 1.97. The van der Waals surface area contributed by atoms with Crippen molar-refractivity contribution in [2.75, 3.05) is 25.0 Å². The molecule has 4 heteroatoms. The van der Waals surface area contributed by atoms with Crippen molar-refractivity contribution in [1.82, 2.24) is 4.90 Å². The summed E-state index contributed by atoms with van der Waals surface area (Å²) in [5, 5.41) is 0. The van der Waals surface area contributed by atoms with E-state index < -0.39 is 0 Å². The van der Waals surface area contributed by atoms with Crippen molar-refractivity contribution in [1.29, 1.82) is 0 Å². The van der Waals surface area contributed by atoms with Crippen molar-refractivity contribution in [3.8, 4) is 0 Å². The molecule has 1 aliphatic heterocycles. The van der Waals surface area contributed by atoms with Crippen molar-refractivity contribution >= 4 is 11.6 Å². The van der Waals surface area contributed by atoms with Gasteiger partial charge in [-0.15, -0.1) is 0 Å². The van der Waals surface area contributed by atoms with Crippen LogP contribution < -0.4 is 10.6 Å². The third-order valence-electron chi connectivity index (χ3n) is 3.93. The number of hydrogen-bond acceptors (Lipinski definition) is 3. The monoisotopic (exact) mass is 261 g/mol. The zero-order valence-corrected chi connectivity index (χ0v) is 12.0. The van der Waals surface area contributed by atoms with Gasteiger partial charge in [-0.1, -0.05) is 17.7 Å². The number of carbonyl (C=O) groups is 1. The number of nitrogens with two attached hydrogens (primary N) is 1. The first-order valence-electron chi connectivity index (χ1n) is 6.84. The second-order valence-corrected chi connectivity index (χ2v) is 5.41. The zero-order valence-electron chi connectivity index (χ0n) is 12.0. The number of aryl methyl sites for hydroxylation is 1. The molecule has 0 spiro atoms. The maximum atomic E-state index is 12.7. The summed E-state index contributed by atoms with van der Waals surface area (Å²) >= 11 is 0. The molecule has 1 aliphatic rings. The Labute approximate surface area is 115 Å². The lowest BCUT2D eigenvalue weighted by atomic mass is 10.1. The number of nitrogens with zero attached hydrogens (tertiary/aromatic N) is 2. The number of rotatable bonds is 2. The first-order chi connectivity index (χ1) is 9.04. The van der Waals surface area contributed by atoms with Crippen LogP contribution in [0.1, 0.15) is 18.9 Å². The van der Waals surface area contributed by atoms with Gasteiger partial charge in [0.25, 0.3) is 0 Å². The van der Waals surface area contributed by atoms with E-state index in [1.807, 2.05) is 43.1 Å². The van der Waals surface area contributed by atoms with Crippen molar-refractivity contribution < 1.29 is 4.79 Å². The molecule has 2 atom stereocenters. The summed E-state index contributed by atoms with van der Waals surface area (Å²) in [6.07, 6.45) is 0.965. The predicted octanol–water partition coefficient (Wildman–Crippen LogP) is 1.38. The third kappa shape index (κ3) is 2.80. The van der Waals surface area contributed by atoms with Gasteiger partial charge in [-0.25, -0.2) is 0 Å². The zero-order chi connectivity index (χ0) is 14.0. The smallest absolute Gasteiger partial charge is 0.245 e. The van der Waals surface area contributed by atoms with Gasteiger partial charge < -0.3 is 10.6 Å². The SMILES string of the molecule is Cc1ccc(N2C(=O)C(CN)N(C)CCC2C)cc1. The number of anilines is 1. The van der Waals surface area contributed by atoms with Gasteiger partial charge in [-0.05, 0) is 39.4 Å². The molecule has 2 N–H and O–H groups in total. The molecular formula is C15H23N3O. The Morgan fingerprint density at radius 2 is 1.95 bits per heavy atom. The molecule has 1 aromatic rings. The van der Waals surface area contributed by atoms with Crippen LogP contribution in [0.4, 0.5) is 5.69 Å². The van der Waals surface area contributed by atoms with Crippen LogP contribution in [-0.2, 0) is 4.79 Å². The topological polar surface area (TPSA) is 49.6 Å². The minimum atomic E-state index is -0.216. The molecule has 0 radical (unpaired) electrons. The Bertz CT molecular complexity index is 443. The summed E-state index contributed by atoms with van der Waals surface area (Å²) in [6, 6.07) is 8.11. The molecule has 1 aromatic carbocycles. The van der Waals surface area contributed by atoms with Crippen LogP contribution in [0.2, 0.25) is 0 Å². The maximum Gasteiger partial charge on any atom is 0.245 e. The van der Waals surface area contributed by atoms with Gasteiger partial charge in [-0.2, -0.15) is 0 Å². The molecule has 0 saturated carbocycles. The predicted molar refractivity (Wildman–Crippen MR) is 78.2 cm³/mol. The summed E-state index contributed by atoms with van der Waals surface area (Å²) in [4.78, 5) is 16.7. The average Bonchev–Trinajstić information content (AvgIpc) is 2.49. The second-order valence-electron chi connectivity index (χ2n) is 5.41. The Morgan fingerprint density at radius 3 is 2.53 bits per heavy atom. The highest BCUT2D eigenvalue weighted by Crippen LogP contribution is 2.24. The highest BCUT2D eigenvalue weighted by Gasteiger charge is 2.33. The minimum absolute atomic E-state index is 0.110. The van der Waals surface area contributed by atoms with Crippen LogP contribution in [-0.4, -0.2) is 43.0 Å². The van der Waals surface area contributed by atoms with E-state index in [0.29, 0.717) is 6.54 Å². The van der Waals surface area contributed by atoms with E-state index in [9.17, 15) is 4.79 Å². The Hall–Kier alpha value is -1.39. The molecule has 1 heterocycles. The molecule has 19 heavy (non-hydrogen) atoms. The number of hydrogen-bond donors (Lipinski definition) is 1. The first-order valence-corrected chi connectivity index (χ1v) is 6.84. The van der Waals surface area contributed by atoms with Gasteiger partial charge in [0.1, 0.15) is 6.04 Å². The molecule has 1 fully saturated rings. The molecule has 0 aromatic heterocycles. The molecule has 2 unspecified atom stereocenters. The first kappa shape index (κ1) is 14.0. The maximum absolute atomic E-state index is 12.7. The lowest BCUT2D eigenvalue weighted by molar-refractivity contribution is -0.122. The van der Waals surface area contributed by atoms with Crippen molar-refractivity contribution in [3.63, 3.8) is 0 Å². The number of benzene rings is 1. The Balaban J connectivity index is 2.35. The molecule has 4 nitrogen and oxygen atoms in total. The van der Waals surface area contributed by atoms with Gasteiger partial charge in [0, 0.05) is 24.8 Å². The molecule has 0 aliphatic carbocycles. The van der Waals surface area contributed by atoms with Crippen LogP contribution in [0.15, 0.2) is 24.3 Å². The van der Waals surface area contributed by atoms with E-state index in [0.717, 1.165) is 18.7 Å².